The molecule has 10 heteroatoms. The van der Waals surface area contributed by atoms with Gasteiger partial charge in [-0.25, -0.2) is 4.79 Å². The minimum absolute atomic E-state index is 0.144. The maximum atomic E-state index is 13.4. The third-order valence-electron chi connectivity index (χ3n) is 5.70. The number of hydrogen-bond donors (Lipinski definition) is 1. The van der Waals surface area contributed by atoms with Crippen LogP contribution >= 0.6 is 0 Å². The van der Waals surface area contributed by atoms with Gasteiger partial charge in [-0.1, -0.05) is 59.3 Å². The van der Waals surface area contributed by atoms with Crippen molar-refractivity contribution in [1.29, 1.82) is 0 Å². The van der Waals surface area contributed by atoms with E-state index in [1.54, 1.807) is 6.92 Å². The van der Waals surface area contributed by atoms with Gasteiger partial charge < -0.3 is 19.3 Å². The average Bonchev–Trinajstić information content (AvgIpc) is 2.72. The fourth-order valence-corrected chi connectivity index (χ4v) is 4.05. The highest BCUT2D eigenvalue weighted by molar-refractivity contribution is 6.01. The van der Waals surface area contributed by atoms with Crippen LogP contribution in [0.5, 0.6) is 0 Å². The molecule has 0 aliphatic rings. The van der Waals surface area contributed by atoms with E-state index < -0.39 is 52.7 Å². The van der Waals surface area contributed by atoms with Gasteiger partial charge in [0.15, 0.2) is 5.60 Å². The SMILES string of the molecule is CCCCC(C(=O)OC(C)=O)C(O)(C(=O)OC(C)=O)C(CCCC)(CCCC)C(=O)OC(C)=O. The monoisotopic (exact) mass is 486 g/mol. The summed E-state index contributed by atoms with van der Waals surface area (Å²) < 4.78 is 14.3. The van der Waals surface area contributed by atoms with Crippen molar-refractivity contribution in [1.82, 2.24) is 0 Å². The number of aliphatic hydroxyl groups is 1. The lowest BCUT2D eigenvalue weighted by Crippen LogP contribution is -2.65. The maximum absolute atomic E-state index is 13.4. The van der Waals surface area contributed by atoms with Gasteiger partial charge in [0.05, 0.1) is 5.92 Å². The van der Waals surface area contributed by atoms with Crippen molar-refractivity contribution in [2.45, 2.75) is 105 Å². The van der Waals surface area contributed by atoms with Crippen LogP contribution in [0.4, 0.5) is 0 Å². The van der Waals surface area contributed by atoms with Crippen molar-refractivity contribution in [3.05, 3.63) is 0 Å². The summed E-state index contributed by atoms with van der Waals surface area (Å²) in [5, 5.41) is 12.1. The van der Waals surface area contributed by atoms with Crippen LogP contribution in [0.2, 0.25) is 0 Å². The second kappa shape index (κ2) is 14.6. The first-order valence-corrected chi connectivity index (χ1v) is 11.7. The molecule has 194 valence electrons. The molecule has 0 fully saturated rings. The van der Waals surface area contributed by atoms with Crippen LogP contribution in [0.1, 0.15) is 99.3 Å². The molecule has 1 N–H and O–H groups in total. The molecule has 0 amide bonds. The summed E-state index contributed by atoms with van der Waals surface area (Å²) in [6.07, 6.45) is 2.11. The molecule has 0 bridgehead atoms. The summed E-state index contributed by atoms with van der Waals surface area (Å²) in [6, 6.07) is 0. The Morgan fingerprint density at radius 2 is 1.09 bits per heavy atom. The molecule has 0 aliphatic carbocycles. The number of unbranched alkanes of at least 4 members (excludes halogenated alkanes) is 3. The van der Waals surface area contributed by atoms with Crippen LogP contribution in [0, 0.1) is 11.3 Å². The van der Waals surface area contributed by atoms with Crippen LogP contribution < -0.4 is 0 Å². The highest BCUT2D eigenvalue weighted by Crippen LogP contribution is 2.49. The zero-order valence-electron chi connectivity index (χ0n) is 21.1. The summed E-state index contributed by atoms with van der Waals surface area (Å²) >= 11 is 0. The number of hydrogen-bond acceptors (Lipinski definition) is 10. The normalized spacial score (nSPS) is 13.9. The predicted octanol–water partition coefficient (Wildman–Crippen LogP) is 3.16. The maximum Gasteiger partial charge on any atom is 0.347 e. The lowest BCUT2D eigenvalue weighted by atomic mass is 9.59. The van der Waals surface area contributed by atoms with Crippen molar-refractivity contribution >= 4 is 35.8 Å². The van der Waals surface area contributed by atoms with Gasteiger partial charge in [0.1, 0.15) is 5.41 Å². The summed E-state index contributed by atoms with van der Waals surface area (Å²) in [5.41, 5.74) is -5.07. The number of carbonyl (C=O) groups is 6. The first-order valence-electron chi connectivity index (χ1n) is 11.7. The van der Waals surface area contributed by atoms with E-state index in [-0.39, 0.29) is 19.3 Å². The Labute approximate surface area is 200 Å². The second-order valence-electron chi connectivity index (χ2n) is 8.43. The first kappa shape index (κ1) is 31.4. The molecule has 0 spiro atoms. The largest absolute Gasteiger partial charge is 0.393 e. The van der Waals surface area contributed by atoms with Gasteiger partial charge in [0.25, 0.3) is 0 Å². The molecule has 0 aromatic rings. The van der Waals surface area contributed by atoms with Gasteiger partial charge in [0, 0.05) is 20.8 Å². The smallest absolute Gasteiger partial charge is 0.347 e. The molecular formula is C24H38O10. The van der Waals surface area contributed by atoms with Gasteiger partial charge in [0.2, 0.25) is 0 Å². The standard InChI is InChI=1S/C24H38O10/c1-7-10-13-19(20(28)32-16(4)25)24(31,22(30)34-18(6)27)23(14-11-8-2,15-12-9-3)21(29)33-17(5)26/h19,31H,7-15H2,1-6H3. The lowest BCUT2D eigenvalue weighted by molar-refractivity contribution is -0.215. The first-order chi connectivity index (χ1) is 15.8. The summed E-state index contributed by atoms with van der Waals surface area (Å²) in [6.45, 7) is 8.33. The van der Waals surface area contributed by atoms with Gasteiger partial charge in [-0.3, -0.25) is 24.0 Å². The fraction of sp³-hybridized carbons (Fsp3) is 0.750. The highest BCUT2D eigenvalue weighted by atomic mass is 16.6. The van der Waals surface area contributed by atoms with E-state index in [1.165, 1.54) is 0 Å². The van der Waals surface area contributed by atoms with Crippen LogP contribution in [-0.2, 0) is 43.0 Å². The van der Waals surface area contributed by atoms with E-state index in [9.17, 15) is 33.9 Å². The van der Waals surface area contributed by atoms with Crippen molar-refractivity contribution in [2.75, 3.05) is 0 Å². The Kier molecular flexibility index (Phi) is 13.5. The van der Waals surface area contributed by atoms with E-state index in [2.05, 4.69) is 0 Å². The summed E-state index contributed by atoms with van der Waals surface area (Å²) in [7, 11) is 0. The van der Waals surface area contributed by atoms with Crippen LogP contribution in [0.3, 0.4) is 0 Å². The molecule has 0 aromatic heterocycles. The van der Waals surface area contributed by atoms with Crippen molar-refractivity contribution in [3.8, 4) is 0 Å². The molecule has 0 aromatic carbocycles. The molecule has 0 saturated heterocycles. The Morgan fingerprint density at radius 1 is 0.676 bits per heavy atom. The minimum Gasteiger partial charge on any atom is -0.393 e. The van der Waals surface area contributed by atoms with Crippen molar-refractivity contribution in [2.24, 2.45) is 11.3 Å². The Hall–Kier alpha value is -2.62. The molecular weight excluding hydrogens is 448 g/mol. The molecule has 0 heterocycles. The average molecular weight is 487 g/mol. The molecule has 2 unspecified atom stereocenters. The zero-order valence-corrected chi connectivity index (χ0v) is 21.1. The third-order valence-corrected chi connectivity index (χ3v) is 5.70. The molecule has 0 aliphatic heterocycles. The molecule has 0 saturated carbocycles. The number of ether oxygens (including phenoxy) is 3. The fourth-order valence-electron chi connectivity index (χ4n) is 4.05. The second-order valence-corrected chi connectivity index (χ2v) is 8.43. The van der Waals surface area contributed by atoms with Crippen LogP contribution in [-0.4, -0.2) is 46.5 Å². The highest BCUT2D eigenvalue weighted by Gasteiger charge is 2.67. The van der Waals surface area contributed by atoms with Crippen molar-refractivity contribution in [3.63, 3.8) is 0 Å². The number of carbonyl (C=O) groups excluding carboxylic acids is 6. The quantitative estimate of drug-likeness (QED) is 0.220. The Bertz CT molecular complexity index is 749. The molecule has 2 atom stereocenters. The van der Waals surface area contributed by atoms with Gasteiger partial charge in [-0.15, -0.1) is 0 Å². The number of rotatable bonds is 14. The van der Waals surface area contributed by atoms with E-state index in [0.717, 1.165) is 20.8 Å². The van der Waals surface area contributed by atoms with Crippen molar-refractivity contribution < 1.29 is 48.1 Å². The molecule has 0 rings (SSSR count). The van der Waals surface area contributed by atoms with E-state index in [0.29, 0.717) is 38.5 Å². The molecule has 10 nitrogen and oxygen atoms in total. The lowest BCUT2D eigenvalue weighted by Gasteiger charge is -2.46. The van der Waals surface area contributed by atoms with Gasteiger partial charge in [-0.05, 0) is 19.3 Å². The van der Waals surface area contributed by atoms with E-state index >= 15 is 0 Å². The van der Waals surface area contributed by atoms with Gasteiger partial charge in [-0.2, -0.15) is 0 Å². The molecule has 34 heavy (non-hydrogen) atoms. The van der Waals surface area contributed by atoms with Crippen LogP contribution in [0.15, 0.2) is 0 Å². The summed E-state index contributed by atoms with van der Waals surface area (Å²) in [5.74, 6) is -8.74. The molecule has 0 radical (unpaired) electrons. The summed E-state index contributed by atoms with van der Waals surface area (Å²) in [4.78, 5) is 74.8. The predicted molar refractivity (Wildman–Crippen MR) is 120 cm³/mol. The topological polar surface area (TPSA) is 150 Å². The third kappa shape index (κ3) is 8.00. The van der Waals surface area contributed by atoms with E-state index in [1.807, 2.05) is 13.8 Å². The van der Waals surface area contributed by atoms with Gasteiger partial charge >= 0.3 is 35.8 Å². The number of esters is 6. The van der Waals surface area contributed by atoms with Crippen LogP contribution in [0.25, 0.3) is 0 Å². The van der Waals surface area contributed by atoms with E-state index in [4.69, 9.17) is 14.2 Å². The Balaban J connectivity index is 7.30. The zero-order chi connectivity index (χ0) is 26.5. The minimum atomic E-state index is -2.95. The Morgan fingerprint density at radius 3 is 1.47 bits per heavy atom.